The van der Waals surface area contributed by atoms with Gasteiger partial charge in [0.25, 0.3) is 5.91 Å². The Bertz CT molecular complexity index is 777. The molecular weight excluding hydrogens is 356 g/mol. The van der Waals surface area contributed by atoms with Crippen LogP contribution in [0.1, 0.15) is 5.56 Å². The molecule has 4 rings (SSSR count). The Balaban J connectivity index is 1.36. The third-order valence-corrected chi connectivity index (χ3v) is 5.03. The number of benzene rings is 2. The van der Waals surface area contributed by atoms with Crippen LogP contribution in [0.25, 0.3) is 0 Å². The lowest BCUT2D eigenvalue weighted by molar-refractivity contribution is -0.153. The Morgan fingerprint density at radius 1 is 0.964 bits per heavy atom. The van der Waals surface area contributed by atoms with E-state index in [2.05, 4.69) is 17.0 Å². The van der Waals surface area contributed by atoms with Crippen LogP contribution in [0.4, 0.5) is 0 Å². The van der Waals surface area contributed by atoms with Gasteiger partial charge >= 0.3 is 0 Å². The highest BCUT2D eigenvalue weighted by Gasteiger charge is 2.31. The van der Waals surface area contributed by atoms with E-state index in [1.165, 1.54) is 0 Å². The first kappa shape index (κ1) is 18.9. The topological polar surface area (TPSA) is 51.2 Å². The van der Waals surface area contributed by atoms with Crippen LogP contribution in [0.2, 0.25) is 0 Å². The van der Waals surface area contributed by atoms with Crippen molar-refractivity contribution in [3.05, 3.63) is 60.2 Å². The Morgan fingerprint density at radius 3 is 2.57 bits per heavy atom. The molecule has 0 saturated carbocycles. The molecule has 0 spiro atoms. The zero-order valence-electron chi connectivity index (χ0n) is 16.0. The molecule has 6 nitrogen and oxygen atoms in total. The molecule has 1 atom stereocenters. The molecule has 2 heterocycles. The Morgan fingerprint density at radius 2 is 1.75 bits per heavy atom. The maximum atomic E-state index is 12.7. The first-order valence-corrected chi connectivity index (χ1v) is 9.80. The number of morpholine rings is 2. The van der Waals surface area contributed by atoms with Crippen molar-refractivity contribution in [3.63, 3.8) is 0 Å². The fraction of sp³-hybridized carbons (Fsp3) is 0.409. The van der Waals surface area contributed by atoms with E-state index in [0.29, 0.717) is 39.5 Å². The number of nitrogens with zero attached hydrogens (tertiary/aromatic N) is 2. The number of carbonyl (C=O) groups excluding carboxylic acids is 1. The molecule has 0 aliphatic carbocycles. The van der Waals surface area contributed by atoms with Crippen LogP contribution in [0.3, 0.4) is 0 Å². The average molecular weight is 382 g/mol. The van der Waals surface area contributed by atoms with Crippen molar-refractivity contribution in [1.82, 2.24) is 9.80 Å². The highest BCUT2D eigenvalue weighted by Crippen LogP contribution is 2.23. The van der Waals surface area contributed by atoms with Gasteiger partial charge in [-0.15, -0.1) is 0 Å². The molecule has 0 radical (unpaired) electrons. The minimum atomic E-state index is -0.393. The Kier molecular flexibility index (Phi) is 6.21. The lowest BCUT2D eigenvalue weighted by atomic mass is 10.1. The van der Waals surface area contributed by atoms with Crippen LogP contribution < -0.4 is 4.74 Å². The van der Waals surface area contributed by atoms with Crippen LogP contribution in [0, 0.1) is 0 Å². The molecule has 28 heavy (non-hydrogen) atoms. The molecule has 0 unspecified atom stereocenters. The largest absolute Gasteiger partial charge is 0.457 e. The quantitative estimate of drug-likeness (QED) is 0.796. The van der Waals surface area contributed by atoms with Crippen LogP contribution in [-0.4, -0.2) is 67.8 Å². The summed E-state index contributed by atoms with van der Waals surface area (Å²) in [6, 6.07) is 17.9. The molecule has 2 aromatic rings. The molecular formula is C22H26N2O4. The van der Waals surface area contributed by atoms with Crippen molar-refractivity contribution >= 4 is 5.91 Å². The molecule has 2 saturated heterocycles. The maximum absolute atomic E-state index is 12.7. The SMILES string of the molecule is O=C([C@@H]1CN(Cc2cccc(Oc3ccccc3)c2)CCO1)N1CCOCC1. The molecule has 1 amide bonds. The minimum absolute atomic E-state index is 0.0779. The van der Waals surface area contributed by atoms with Gasteiger partial charge in [0.05, 0.1) is 19.8 Å². The van der Waals surface area contributed by atoms with Gasteiger partial charge in [-0.05, 0) is 29.8 Å². The first-order valence-electron chi connectivity index (χ1n) is 9.80. The second kappa shape index (κ2) is 9.19. The molecule has 0 bridgehead atoms. The van der Waals surface area contributed by atoms with E-state index in [4.69, 9.17) is 14.2 Å². The summed E-state index contributed by atoms with van der Waals surface area (Å²) in [5.74, 6) is 1.72. The lowest BCUT2D eigenvalue weighted by Gasteiger charge is -2.36. The number of rotatable bonds is 5. The highest BCUT2D eigenvalue weighted by atomic mass is 16.5. The molecule has 0 aromatic heterocycles. The van der Waals surface area contributed by atoms with Crippen molar-refractivity contribution < 1.29 is 19.0 Å². The van der Waals surface area contributed by atoms with E-state index in [9.17, 15) is 4.79 Å². The van der Waals surface area contributed by atoms with Gasteiger partial charge in [0, 0.05) is 32.7 Å². The summed E-state index contributed by atoms with van der Waals surface area (Å²) >= 11 is 0. The van der Waals surface area contributed by atoms with Gasteiger partial charge in [0.15, 0.2) is 0 Å². The van der Waals surface area contributed by atoms with E-state index in [0.717, 1.165) is 30.2 Å². The number of carbonyl (C=O) groups is 1. The van der Waals surface area contributed by atoms with E-state index < -0.39 is 6.10 Å². The molecule has 2 aromatic carbocycles. The highest BCUT2D eigenvalue weighted by molar-refractivity contribution is 5.81. The smallest absolute Gasteiger partial charge is 0.253 e. The predicted octanol–water partition coefficient (Wildman–Crippen LogP) is 2.54. The number of amides is 1. The second-order valence-electron chi connectivity index (χ2n) is 7.09. The van der Waals surface area contributed by atoms with Crippen LogP contribution in [0.5, 0.6) is 11.5 Å². The Labute approximate surface area is 165 Å². The third-order valence-electron chi connectivity index (χ3n) is 5.03. The number of para-hydroxylation sites is 1. The van der Waals surface area contributed by atoms with Gasteiger partial charge in [-0.1, -0.05) is 30.3 Å². The zero-order valence-corrected chi connectivity index (χ0v) is 16.0. The monoisotopic (exact) mass is 382 g/mol. The normalized spacial score (nSPS) is 20.7. The fourth-order valence-electron chi connectivity index (χ4n) is 3.57. The molecule has 2 fully saturated rings. The average Bonchev–Trinajstić information content (AvgIpc) is 2.75. The van der Waals surface area contributed by atoms with E-state index in [1.54, 1.807) is 0 Å². The fourth-order valence-corrected chi connectivity index (χ4v) is 3.57. The standard InChI is InChI=1S/C22H26N2O4/c25-22(24-10-12-26-13-11-24)21-17-23(9-14-27-21)16-18-5-4-8-20(15-18)28-19-6-2-1-3-7-19/h1-8,15,21H,9-14,16-17H2/t21-/m0/s1. The summed E-state index contributed by atoms with van der Waals surface area (Å²) in [6.45, 7) is 5.28. The summed E-state index contributed by atoms with van der Waals surface area (Å²) in [6.07, 6.45) is -0.393. The summed E-state index contributed by atoms with van der Waals surface area (Å²) in [5, 5.41) is 0. The number of hydrogen-bond acceptors (Lipinski definition) is 5. The molecule has 2 aliphatic heterocycles. The number of ether oxygens (including phenoxy) is 3. The van der Waals surface area contributed by atoms with Crippen LogP contribution in [-0.2, 0) is 20.8 Å². The summed E-state index contributed by atoms with van der Waals surface area (Å²) in [7, 11) is 0. The van der Waals surface area contributed by atoms with E-state index >= 15 is 0 Å². The molecule has 2 aliphatic rings. The van der Waals surface area contributed by atoms with Crippen LogP contribution >= 0.6 is 0 Å². The minimum Gasteiger partial charge on any atom is -0.457 e. The van der Waals surface area contributed by atoms with Crippen molar-refractivity contribution in [1.29, 1.82) is 0 Å². The van der Waals surface area contributed by atoms with Gasteiger partial charge in [-0.25, -0.2) is 0 Å². The summed E-state index contributed by atoms with van der Waals surface area (Å²) in [4.78, 5) is 16.8. The van der Waals surface area contributed by atoms with E-state index in [1.807, 2.05) is 47.4 Å². The predicted molar refractivity (Wildman–Crippen MR) is 105 cm³/mol. The molecule has 6 heteroatoms. The van der Waals surface area contributed by atoms with Crippen molar-refractivity contribution in [2.45, 2.75) is 12.6 Å². The van der Waals surface area contributed by atoms with Crippen molar-refractivity contribution in [2.75, 3.05) is 46.0 Å². The molecule has 148 valence electrons. The lowest BCUT2D eigenvalue weighted by Crippen LogP contribution is -2.53. The summed E-state index contributed by atoms with van der Waals surface area (Å²) < 4.78 is 17.0. The molecule has 0 N–H and O–H groups in total. The van der Waals surface area contributed by atoms with Gasteiger partial charge in [0.2, 0.25) is 0 Å². The van der Waals surface area contributed by atoms with Gasteiger partial charge in [0.1, 0.15) is 17.6 Å². The summed E-state index contributed by atoms with van der Waals surface area (Å²) in [5.41, 5.74) is 1.16. The third kappa shape index (κ3) is 4.90. The van der Waals surface area contributed by atoms with Gasteiger partial charge < -0.3 is 19.1 Å². The van der Waals surface area contributed by atoms with E-state index in [-0.39, 0.29) is 5.91 Å². The maximum Gasteiger partial charge on any atom is 0.253 e. The van der Waals surface area contributed by atoms with Gasteiger partial charge in [-0.2, -0.15) is 0 Å². The second-order valence-corrected chi connectivity index (χ2v) is 7.09. The van der Waals surface area contributed by atoms with Gasteiger partial charge in [-0.3, -0.25) is 9.69 Å². The van der Waals surface area contributed by atoms with Crippen LogP contribution in [0.15, 0.2) is 54.6 Å². The zero-order chi connectivity index (χ0) is 19.2. The first-order chi connectivity index (χ1) is 13.8. The van der Waals surface area contributed by atoms with Crippen molar-refractivity contribution in [3.8, 4) is 11.5 Å². The van der Waals surface area contributed by atoms with Crippen molar-refractivity contribution in [2.24, 2.45) is 0 Å². The Hall–Kier alpha value is -2.41. The number of hydrogen-bond donors (Lipinski definition) is 0.